The summed E-state index contributed by atoms with van der Waals surface area (Å²) in [6.45, 7) is 4.32. The van der Waals surface area contributed by atoms with E-state index in [4.69, 9.17) is 0 Å². The largest absolute Gasteiger partial charge is 0.262 e. The van der Waals surface area contributed by atoms with Gasteiger partial charge in [0.15, 0.2) is 0 Å². The molecule has 74 valence electrons. The Balaban J connectivity index is 2.25. The van der Waals surface area contributed by atoms with Gasteiger partial charge in [-0.1, -0.05) is 25.1 Å². The van der Waals surface area contributed by atoms with E-state index in [-0.39, 0.29) is 0 Å². The fourth-order valence-electron chi connectivity index (χ4n) is 1.90. The molecule has 1 unspecified atom stereocenters. The lowest BCUT2D eigenvalue weighted by Gasteiger charge is -2.22. The van der Waals surface area contributed by atoms with E-state index in [9.17, 15) is 0 Å². The molecular weight excluding hydrogens is 172 g/mol. The Kier molecular flexibility index (Phi) is 2.53. The zero-order valence-corrected chi connectivity index (χ0v) is 8.77. The topological polar surface area (TPSA) is 15.6 Å². The van der Waals surface area contributed by atoms with Crippen LogP contribution in [0.25, 0.3) is 0 Å². The van der Waals surface area contributed by atoms with Crippen LogP contribution in [0.15, 0.2) is 35.4 Å². The molecule has 0 saturated carbocycles. The van der Waals surface area contributed by atoms with Crippen LogP contribution in [0.5, 0.6) is 0 Å². The normalized spacial score (nSPS) is 21.1. The summed E-state index contributed by atoms with van der Waals surface area (Å²) in [6.07, 6.45) is 2.25. The molecule has 0 saturated heterocycles. The summed E-state index contributed by atoms with van der Waals surface area (Å²) in [6, 6.07) is 10.9. The van der Waals surface area contributed by atoms with Crippen LogP contribution in [0.3, 0.4) is 0 Å². The van der Waals surface area contributed by atoms with Crippen molar-refractivity contribution in [3.63, 3.8) is 0 Å². The van der Waals surface area contributed by atoms with Crippen LogP contribution in [-0.2, 0) is 0 Å². The van der Waals surface area contributed by atoms with Crippen molar-refractivity contribution in [3.8, 4) is 0 Å². The van der Waals surface area contributed by atoms with Gasteiger partial charge in [0, 0.05) is 12.1 Å². The maximum Gasteiger partial charge on any atom is 0.0597 e. The molecule has 2 heteroatoms. The smallest absolute Gasteiger partial charge is 0.0597 e. The van der Waals surface area contributed by atoms with Crippen LogP contribution < -0.4 is 5.01 Å². The number of nitrogens with zero attached hydrogens (tertiary/aromatic N) is 2. The van der Waals surface area contributed by atoms with Gasteiger partial charge in [0.05, 0.1) is 11.7 Å². The number of anilines is 1. The van der Waals surface area contributed by atoms with Crippen LogP contribution in [0.4, 0.5) is 5.69 Å². The summed E-state index contributed by atoms with van der Waals surface area (Å²) in [5, 5.41) is 6.71. The van der Waals surface area contributed by atoms with Gasteiger partial charge < -0.3 is 0 Å². The number of hydrazone groups is 1. The van der Waals surface area contributed by atoms with Crippen molar-refractivity contribution in [3.05, 3.63) is 30.3 Å². The zero-order chi connectivity index (χ0) is 9.97. The van der Waals surface area contributed by atoms with Crippen LogP contribution >= 0.6 is 0 Å². The molecule has 0 radical (unpaired) electrons. The summed E-state index contributed by atoms with van der Waals surface area (Å²) in [5.41, 5.74) is 2.44. The van der Waals surface area contributed by atoms with Gasteiger partial charge in [0.25, 0.3) is 0 Å². The van der Waals surface area contributed by atoms with Crippen molar-refractivity contribution in [2.24, 2.45) is 5.10 Å². The Morgan fingerprint density at radius 1 is 1.36 bits per heavy atom. The SMILES string of the molecule is CCC1CC(C)=NN1c1ccccc1. The van der Waals surface area contributed by atoms with Gasteiger partial charge in [-0.2, -0.15) is 5.10 Å². The molecular formula is C12H16N2. The predicted octanol–water partition coefficient (Wildman–Crippen LogP) is 3.05. The van der Waals surface area contributed by atoms with Gasteiger partial charge in [0.1, 0.15) is 0 Å². The Bertz CT molecular complexity index is 329. The second-order valence-corrected chi connectivity index (χ2v) is 3.78. The van der Waals surface area contributed by atoms with Crippen molar-refractivity contribution < 1.29 is 0 Å². The van der Waals surface area contributed by atoms with Crippen molar-refractivity contribution in [2.75, 3.05) is 5.01 Å². The van der Waals surface area contributed by atoms with Crippen molar-refractivity contribution in [1.82, 2.24) is 0 Å². The average Bonchev–Trinajstić information content (AvgIpc) is 2.61. The third kappa shape index (κ3) is 1.65. The molecule has 0 spiro atoms. The highest BCUT2D eigenvalue weighted by molar-refractivity contribution is 5.86. The standard InChI is InChI=1S/C12H16N2/c1-3-11-9-10(2)13-14(11)12-7-5-4-6-8-12/h4-8,11H,3,9H2,1-2H3. The van der Waals surface area contributed by atoms with Crippen molar-refractivity contribution >= 4 is 11.4 Å². The van der Waals surface area contributed by atoms with E-state index >= 15 is 0 Å². The second kappa shape index (κ2) is 3.82. The first-order valence-electron chi connectivity index (χ1n) is 5.19. The van der Waals surface area contributed by atoms with Crippen LogP contribution in [0.2, 0.25) is 0 Å². The summed E-state index contributed by atoms with van der Waals surface area (Å²) < 4.78 is 0. The summed E-state index contributed by atoms with van der Waals surface area (Å²) in [4.78, 5) is 0. The van der Waals surface area contributed by atoms with E-state index in [1.807, 2.05) is 6.07 Å². The minimum atomic E-state index is 0.553. The summed E-state index contributed by atoms with van der Waals surface area (Å²) >= 11 is 0. The first kappa shape index (κ1) is 9.25. The molecule has 0 amide bonds. The fourth-order valence-corrected chi connectivity index (χ4v) is 1.90. The van der Waals surface area contributed by atoms with Gasteiger partial charge in [-0.05, 0) is 25.5 Å². The first-order valence-corrected chi connectivity index (χ1v) is 5.19. The van der Waals surface area contributed by atoms with Gasteiger partial charge in [0.2, 0.25) is 0 Å². The minimum absolute atomic E-state index is 0.553. The molecule has 14 heavy (non-hydrogen) atoms. The number of benzene rings is 1. The molecule has 1 aromatic carbocycles. The number of rotatable bonds is 2. The molecule has 0 fully saturated rings. The lowest BCUT2D eigenvalue weighted by Crippen LogP contribution is -2.25. The van der Waals surface area contributed by atoms with Crippen molar-refractivity contribution in [2.45, 2.75) is 32.7 Å². The van der Waals surface area contributed by atoms with E-state index in [0.717, 1.165) is 12.8 Å². The van der Waals surface area contributed by atoms with Gasteiger partial charge in [-0.25, -0.2) is 0 Å². The van der Waals surface area contributed by atoms with E-state index in [0.29, 0.717) is 6.04 Å². The summed E-state index contributed by atoms with van der Waals surface area (Å²) in [7, 11) is 0. The maximum absolute atomic E-state index is 4.56. The zero-order valence-electron chi connectivity index (χ0n) is 8.77. The second-order valence-electron chi connectivity index (χ2n) is 3.78. The average molecular weight is 188 g/mol. The van der Waals surface area contributed by atoms with Gasteiger partial charge in [-0.3, -0.25) is 5.01 Å². The lowest BCUT2D eigenvalue weighted by molar-refractivity contribution is 0.640. The number of para-hydroxylation sites is 1. The molecule has 2 nitrogen and oxygen atoms in total. The Morgan fingerprint density at radius 3 is 2.71 bits per heavy atom. The molecule has 2 rings (SSSR count). The minimum Gasteiger partial charge on any atom is -0.262 e. The molecule has 0 bridgehead atoms. The third-order valence-corrected chi connectivity index (χ3v) is 2.65. The highest BCUT2D eigenvalue weighted by Crippen LogP contribution is 2.25. The van der Waals surface area contributed by atoms with E-state index in [1.165, 1.54) is 11.4 Å². The molecule has 0 N–H and O–H groups in total. The number of hydrogen-bond acceptors (Lipinski definition) is 2. The molecule has 0 aromatic heterocycles. The Hall–Kier alpha value is -1.31. The molecule has 0 aliphatic carbocycles. The quantitative estimate of drug-likeness (QED) is 0.696. The van der Waals surface area contributed by atoms with E-state index in [1.54, 1.807) is 0 Å². The first-order chi connectivity index (χ1) is 6.81. The highest BCUT2D eigenvalue weighted by Gasteiger charge is 2.23. The van der Waals surface area contributed by atoms with Gasteiger partial charge >= 0.3 is 0 Å². The molecule has 1 aliphatic heterocycles. The monoisotopic (exact) mass is 188 g/mol. The molecule has 1 heterocycles. The van der Waals surface area contributed by atoms with E-state index in [2.05, 4.69) is 48.2 Å². The molecule has 1 aliphatic rings. The predicted molar refractivity (Wildman–Crippen MR) is 60.7 cm³/mol. The van der Waals surface area contributed by atoms with Crippen molar-refractivity contribution in [1.29, 1.82) is 0 Å². The maximum atomic E-state index is 4.56. The highest BCUT2D eigenvalue weighted by atomic mass is 15.5. The van der Waals surface area contributed by atoms with E-state index < -0.39 is 0 Å². The number of hydrogen-bond donors (Lipinski definition) is 0. The molecule has 1 atom stereocenters. The summed E-state index contributed by atoms with van der Waals surface area (Å²) in [5.74, 6) is 0. The Morgan fingerprint density at radius 2 is 2.07 bits per heavy atom. The third-order valence-electron chi connectivity index (χ3n) is 2.65. The lowest BCUT2D eigenvalue weighted by atomic mass is 10.1. The van der Waals surface area contributed by atoms with Crippen LogP contribution in [0.1, 0.15) is 26.7 Å². The fraction of sp³-hybridized carbons (Fsp3) is 0.417. The van der Waals surface area contributed by atoms with Crippen LogP contribution in [-0.4, -0.2) is 11.8 Å². The van der Waals surface area contributed by atoms with Crippen LogP contribution in [0, 0.1) is 0 Å². The van der Waals surface area contributed by atoms with Gasteiger partial charge in [-0.15, -0.1) is 0 Å². The molecule has 1 aromatic rings. The Labute approximate surface area is 85.2 Å².